The number of hydrogen-bond donors (Lipinski definition) is 3. The molecule has 4 heteroatoms. The van der Waals surface area contributed by atoms with Crippen LogP contribution in [0, 0.1) is 12.8 Å². The lowest BCUT2D eigenvalue weighted by Crippen LogP contribution is -2.29. The molecule has 4 N–H and O–H groups in total. The Balaban J connectivity index is 2.17. The highest BCUT2D eigenvalue weighted by atomic mass is 16.4. The molecule has 18 heavy (non-hydrogen) atoms. The highest BCUT2D eigenvalue weighted by Gasteiger charge is 2.26. The van der Waals surface area contributed by atoms with Crippen molar-refractivity contribution in [1.29, 1.82) is 0 Å². The first-order chi connectivity index (χ1) is 8.61. The molecule has 2 unspecified atom stereocenters. The van der Waals surface area contributed by atoms with E-state index in [1.54, 1.807) is 12.1 Å². The van der Waals surface area contributed by atoms with Crippen molar-refractivity contribution in [2.45, 2.75) is 32.2 Å². The lowest BCUT2D eigenvalue weighted by molar-refractivity contribution is 0.0697. The standard InChI is InChI=1S/C14H20N2O2/c1-9-5-6-10(14(17)18)7-13(9)16-12-4-2-3-11(12)8-15/h5-7,11-12,16H,2-4,8,15H2,1H3,(H,17,18). The van der Waals surface area contributed by atoms with Crippen LogP contribution in [0.2, 0.25) is 0 Å². The second kappa shape index (κ2) is 5.40. The first-order valence-electron chi connectivity index (χ1n) is 6.42. The number of carboxylic acids is 1. The van der Waals surface area contributed by atoms with Gasteiger partial charge in [-0.15, -0.1) is 0 Å². The van der Waals surface area contributed by atoms with Crippen molar-refractivity contribution < 1.29 is 9.90 Å². The lowest BCUT2D eigenvalue weighted by atomic mass is 10.0. The van der Waals surface area contributed by atoms with Crippen LogP contribution in [0.3, 0.4) is 0 Å². The summed E-state index contributed by atoms with van der Waals surface area (Å²) in [6.45, 7) is 2.68. The molecule has 2 atom stereocenters. The predicted molar refractivity (Wildman–Crippen MR) is 71.9 cm³/mol. The van der Waals surface area contributed by atoms with Crippen molar-refractivity contribution in [1.82, 2.24) is 0 Å². The Bertz CT molecular complexity index is 445. The number of anilines is 1. The number of aryl methyl sites for hydroxylation is 1. The molecule has 1 fully saturated rings. The van der Waals surface area contributed by atoms with Crippen molar-refractivity contribution in [3.63, 3.8) is 0 Å². The second-order valence-electron chi connectivity index (χ2n) is 5.01. The van der Waals surface area contributed by atoms with Crippen LogP contribution in [0.1, 0.15) is 35.2 Å². The number of nitrogens with two attached hydrogens (primary N) is 1. The quantitative estimate of drug-likeness (QED) is 0.763. The summed E-state index contributed by atoms with van der Waals surface area (Å²) in [6.07, 6.45) is 3.46. The summed E-state index contributed by atoms with van der Waals surface area (Å²) in [6, 6.07) is 5.57. The Kier molecular flexibility index (Phi) is 3.87. The maximum Gasteiger partial charge on any atom is 0.335 e. The van der Waals surface area contributed by atoms with Gasteiger partial charge in [0.15, 0.2) is 0 Å². The van der Waals surface area contributed by atoms with E-state index in [4.69, 9.17) is 10.8 Å². The largest absolute Gasteiger partial charge is 0.478 e. The Morgan fingerprint density at radius 1 is 1.50 bits per heavy atom. The first kappa shape index (κ1) is 12.9. The van der Waals surface area contributed by atoms with E-state index in [-0.39, 0.29) is 0 Å². The summed E-state index contributed by atoms with van der Waals surface area (Å²) in [7, 11) is 0. The Hall–Kier alpha value is -1.55. The number of carboxylic acid groups (broad SMARTS) is 1. The summed E-state index contributed by atoms with van der Waals surface area (Å²) in [5.41, 5.74) is 8.07. The van der Waals surface area contributed by atoms with Crippen LogP contribution >= 0.6 is 0 Å². The molecule has 0 amide bonds. The van der Waals surface area contributed by atoms with Gasteiger partial charge in [0.25, 0.3) is 0 Å². The van der Waals surface area contributed by atoms with E-state index < -0.39 is 5.97 Å². The molecule has 0 radical (unpaired) electrons. The van der Waals surface area contributed by atoms with Gasteiger partial charge in [-0.2, -0.15) is 0 Å². The van der Waals surface area contributed by atoms with Crippen LogP contribution in [0.4, 0.5) is 5.69 Å². The minimum Gasteiger partial charge on any atom is -0.478 e. The van der Waals surface area contributed by atoms with Gasteiger partial charge < -0.3 is 16.2 Å². The molecule has 0 aromatic heterocycles. The summed E-state index contributed by atoms with van der Waals surface area (Å²) in [5, 5.41) is 12.5. The molecule has 4 nitrogen and oxygen atoms in total. The number of benzene rings is 1. The van der Waals surface area contributed by atoms with Crippen LogP contribution in [0.5, 0.6) is 0 Å². The molecule has 2 rings (SSSR count). The fourth-order valence-corrected chi connectivity index (χ4v) is 2.62. The molecule has 0 heterocycles. The first-order valence-corrected chi connectivity index (χ1v) is 6.42. The van der Waals surface area contributed by atoms with Crippen molar-refractivity contribution in [3.8, 4) is 0 Å². The molecule has 0 saturated heterocycles. The molecule has 1 aliphatic rings. The Morgan fingerprint density at radius 2 is 2.28 bits per heavy atom. The van der Waals surface area contributed by atoms with Gasteiger partial charge in [0.1, 0.15) is 0 Å². The van der Waals surface area contributed by atoms with Gasteiger partial charge in [-0.1, -0.05) is 12.5 Å². The minimum atomic E-state index is -0.889. The van der Waals surface area contributed by atoms with Crippen molar-refractivity contribution >= 4 is 11.7 Å². The maximum absolute atomic E-state index is 11.0. The smallest absolute Gasteiger partial charge is 0.335 e. The van der Waals surface area contributed by atoms with E-state index in [2.05, 4.69) is 5.32 Å². The number of rotatable bonds is 4. The van der Waals surface area contributed by atoms with E-state index in [0.29, 0.717) is 24.1 Å². The monoisotopic (exact) mass is 248 g/mol. The number of carbonyl (C=O) groups is 1. The molecule has 1 aliphatic carbocycles. The molecule has 0 bridgehead atoms. The van der Waals surface area contributed by atoms with Crippen LogP contribution in [0.15, 0.2) is 18.2 Å². The summed E-state index contributed by atoms with van der Waals surface area (Å²) >= 11 is 0. The molecule has 98 valence electrons. The molecular formula is C14H20N2O2. The van der Waals surface area contributed by atoms with Crippen molar-refractivity contribution in [3.05, 3.63) is 29.3 Å². The summed E-state index contributed by atoms with van der Waals surface area (Å²) in [4.78, 5) is 11.0. The highest BCUT2D eigenvalue weighted by molar-refractivity contribution is 5.89. The molecular weight excluding hydrogens is 228 g/mol. The zero-order chi connectivity index (χ0) is 13.1. The van der Waals surface area contributed by atoms with Gasteiger partial charge >= 0.3 is 5.97 Å². The SMILES string of the molecule is Cc1ccc(C(=O)O)cc1NC1CCCC1CN. The normalized spacial score (nSPS) is 23.0. The topological polar surface area (TPSA) is 75.3 Å². The molecule has 1 saturated carbocycles. The summed E-state index contributed by atoms with van der Waals surface area (Å²) in [5.74, 6) is -0.391. The average Bonchev–Trinajstić information content (AvgIpc) is 2.79. The van der Waals surface area contributed by atoms with Gasteiger partial charge in [-0.25, -0.2) is 4.79 Å². The third-order valence-corrected chi connectivity index (χ3v) is 3.79. The van der Waals surface area contributed by atoms with Gasteiger partial charge in [0.05, 0.1) is 5.56 Å². The summed E-state index contributed by atoms with van der Waals surface area (Å²) < 4.78 is 0. The second-order valence-corrected chi connectivity index (χ2v) is 5.01. The van der Waals surface area contributed by atoms with Crippen LogP contribution in [0.25, 0.3) is 0 Å². The molecule has 1 aromatic rings. The van der Waals surface area contributed by atoms with E-state index in [9.17, 15) is 4.79 Å². The molecule has 0 spiro atoms. The third-order valence-electron chi connectivity index (χ3n) is 3.79. The molecule has 0 aliphatic heterocycles. The van der Waals surface area contributed by atoms with Crippen LogP contribution in [-0.2, 0) is 0 Å². The van der Waals surface area contributed by atoms with Crippen molar-refractivity contribution in [2.75, 3.05) is 11.9 Å². The molecule has 1 aromatic carbocycles. The fraction of sp³-hybridized carbons (Fsp3) is 0.500. The van der Waals surface area contributed by atoms with Crippen LogP contribution in [-0.4, -0.2) is 23.7 Å². The van der Waals surface area contributed by atoms with Crippen LogP contribution < -0.4 is 11.1 Å². The lowest BCUT2D eigenvalue weighted by Gasteiger charge is -2.22. The van der Waals surface area contributed by atoms with E-state index in [1.807, 2.05) is 13.0 Å². The predicted octanol–water partition coefficient (Wildman–Crippen LogP) is 2.23. The number of aromatic carboxylic acids is 1. The number of hydrogen-bond acceptors (Lipinski definition) is 3. The Morgan fingerprint density at radius 3 is 2.94 bits per heavy atom. The highest BCUT2D eigenvalue weighted by Crippen LogP contribution is 2.29. The number of nitrogens with one attached hydrogen (secondary N) is 1. The van der Waals surface area contributed by atoms with Gasteiger partial charge in [-0.3, -0.25) is 0 Å². The van der Waals surface area contributed by atoms with Gasteiger partial charge in [0.2, 0.25) is 0 Å². The zero-order valence-corrected chi connectivity index (χ0v) is 10.6. The van der Waals surface area contributed by atoms with E-state index >= 15 is 0 Å². The van der Waals surface area contributed by atoms with Crippen molar-refractivity contribution in [2.24, 2.45) is 11.7 Å². The van der Waals surface area contributed by atoms with Gasteiger partial charge in [-0.05, 0) is 49.9 Å². The zero-order valence-electron chi connectivity index (χ0n) is 10.6. The van der Waals surface area contributed by atoms with E-state index in [0.717, 1.165) is 24.1 Å². The maximum atomic E-state index is 11.0. The van der Waals surface area contributed by atoms with Gasteiger partial charge in [0, 0.05) is 11.7 Å². The minimum absolute atomic E-state index is 0.324. The fourth-order valence-electron chi connectivity index (χ4n) is 2.62. The van der Waals surface area contributed by atoms with E-state index in [1.165, 1.54) is 6.42 Å². The third kappa shape index (κ3) is 2.64. The Labute approximate surface area is 107 Å². The average molecular weight is 248 g/mol.